The number of benzene rings is 7. The third-order valence-electron chi connectivity index (χ3n) is 10.8. The van der Waals surface area contributed by atoms with Gasteiger partial charge in [0.15, 0.2) is 17.5 Å². The van der Waals surface area contributed by atoms with Crippen LogP contribution in [0, 0.1) is 0 Å². The lowest BCUT2D eigenvalue weighted by Gasteiger charge is -2.10. The van der Waals surface area contributed by atoms with E-state index < -0.39 is 0 Å². The summed E-state index contributed by atoms with van der Waals surface area (Å²) >= 11 is 0. The van der Waals surface area contributed by atoms with Gasteiger partial charge < -0.3 is 8.83 Å². The summed E-state index contributed by atoms with van der Waals surface area (Å²) in [5, 5.41) is 3.05. The first-order valence-corrected chi connectivity index (χ1v) is 19.1. The number of para-hydroxylation sites is 2. The minimum absolute atomic E-state index is 0.544. The van der Waals surface area contributed by atoms with Gasteiger partial charge in [0.05, 0.1) is 5.56 Å². The van der Waals surface area contributed by atoms with Crippen molar-refractivity contribution in [2.45, 2.75) is 6.42 Å². The van der Waals surface area contributed by atoms with Crippen molar-refractivity contribution in [1.82, 2.24) is 15.0 Å². The molecule has 0 unspecified atom stereocenters. The van der Waals surface area contributed by atoms with Gasteiger partial charge in [0.25, 0.3) is 0 Å². The second kappa shape index (κ2) is 13.6. The molecule has 57 heavy (non-hydrogen) atoms. The zero-order valence-electron chi connectivity index (χ0n) is 30.8. The van der Waals surface area contributed by atoms with E-state index in [1.165, 1.54) is 22.3 Å². The van der Waals surface area contributed by atoms with Crippen molar-refractivity contribution >= 4 is 44.6 Å². The lowest BCUT2D eigenvalue weighted by molar-refractivity contribution is 0.564. The number of hydrogen-bond acceptors (Lipinski definition) is 5. The molecule has 0 aliphatic heterocycles. The van der Waals surface area contributed by atoms with E-state index in [4.69, 9.17) is 23.8 Å². The van der Waals surface area contributed by atoms with Gasteiger partial charge >= 0.3 is 0 Å². The van der Waals surface area contributed by atoms with Gasteiger partial charge in [0, 0.05) is 39.3 Å². The predicted octanol–water partition coefficient (Wildman–Crippen LogP) is 13.5. The molecule has 1 aliphatic carbocycles. The highest BCUT2D eigenvalue weighted by atomic mass is 16.3. The third-order valence-corrected chi connectivity index (χ3v) is 10.8. The van der Waals surface area contributed by atoms with Crippen molar-refractivity contribution in [3.05, 3.63) is 199 Å². The van der Waals surface area contributed by atoms with Crippen molar-refractivity contribution < 1.29 is 8.83 Å². The molecule has 0 fully saturated rings. The number of furan rings is 2. The predicted molar refractivity (Wildman–Crippen MR) is 231 cm³/mol. The van der Waals surface area contributed by atoms with Crippen LogP contribution in [-0.4, -0.2) is 15.0 Å². The first-order valence-electron chi connectivity index (χ1n) is 19.1. The molecule has 5 heteroatoms. The van der Waals surface area contributed by atoms with Crippen molar-refractivity contribution in [2.24, 2.45) is 0 Å². The summed E-state index contributed by atoms with van der Waals surface area (Å²) in [6, 6.07) is 58.5. The Bertz CT molecular complexity index is 3170. The van der Waals surface area contributed by atoms with Crippen LogP contribution in [0.25, 0.3) is 101 Å². The molecule has 0 saturated carbocycles. The van der Waals surface area contributed by atoms with Crippen LogP contribution in [0.5, 0.6) is 0 Å². The maximum Gasteiger partial charge on any atom is 0.167 e. The molecular weight excluding hydrogens is 699 g/mol. The highest BCUT2D eigenvalue weighted by molar-refractivity contribution is 6.09. The summed E-state index contributed by atoms with van der Waals surface area (Å²) in [5.74, 6) is 2.60. The zero-order valence-corrected chi connectivity index (χ0v) is 30.8. The summed E-state index contributed by atoms with van der Waals surface area (Å²) in [6.07, 6.45) is 7.28. The second-order valence-corrected chi connectivity index (χ2v) is 14.3. The monoisotopic (exact) mass is 731 g/mol. The molecule has 0 atom stereocenters. The molecule has 0 spiro atoms. The van der Waals surface area contributed by atoms with E-state index in [1.807, 2.05) is 78.9 Å². The molecule has 268 valence electrons. The Labute approximate surface area is 329 Å². The minimum atomic E-state index is 0.544. The van der Waals surface area contributed by atoms with Gasteiger partial charge in [-0.1, -0.05) is 164 Å². The molecule has 7 aromatic carbocycles. The third kappa shape index (κ3) is 5.85. The van der Waals surface area contributed by atoms with Crippen LogP contribution < -0.4 is 0 Å². The maximum absolute atomic E-state index is 6.57. The van der Waals surface area contributed by atoms with Crippen molar-refractivity contribution in [3.8, 4) is 56.4 Å². The van der Waals surface area contributed by atoms with Gasteiger partial charge in [-0.05, 0) is 57.7 Å². The first kappa shape index (κ1) is 32.8. The summed E-state index contributed by atoms with van der Waals surface area (Å²) in [6.45, 7) is 0. The molecule has 11 rings (SSSR count). The standard InChI is InChI=1S/C52H33N3O2/c1-3-12-33(13-4-1)34-24-26-35(27-25-34)36-28-30-37(31-29-36)39-16-9-22-46-44(32-39)48-42(19-11-23-47(48)56-46)51-53-50(38-14-5-2-6-15-38)54-52(55-51)43-20-10-18-41-40-17-7-8-21-45(40)57-49(41)43/h1-21,23-32H,22H2. The summed E-state index contributed by atoms with van der Waals surface area (Å²) in [5.41, 5.74) is 13.0. The van der Waals surface area contributed by atoms with Gasteiger partial charge in [-0.2, -0.15) is 0 Å². The van der Waals surface area contributed by atoms with E-state index >= 15 is 0 Å². The Hall–Kier alpha value is -7.63. The van der Waals surface area contributed by atoms with E-state index in [9.17, 15) is 0 Å². The van der Waals surface area contributed by atoms with Crippen molar-refractivity contribution in [3.63, 3.8) is 0 Å². The SMILES string of the molecule is C1=CC(c2ccc(-c3ccc(-c4ccccc4)cc3)cc2)=Cc2c(oc3cccc(-c4nc(-c5ccccc5)nc(-c5cccc6c5oc5ccccc56)n4)c23)C1. The van der Waals surface area contributed by atoms with Gasteiger partial charge in [0.1, 0.15) is 22.5 Å². The van der Waals surface area contributed by atoms with Crippen LogP contribution in [0.2, 0.25) is 0 Å². The lowest BCUT2D eigenvalue weighted by atomic mass is 9.96. The Morgan fingerprint density at radius 2 is 0.947 bits per heavy atom. The fourth-order valence-corrected chi connectivity index (χ4v) is 7.99. The van der Waals surface area contributed by atoms with E-state index in [0.29, 0.717) is 23.9 Å². The van der Waals surface area contributed by atoms with Crippen LogP contribution in [0.1, 0.15) is 16.9 Å². The number of rotatable bonds is 6. The number of aromatic nitrogens is 3. The van der Waals surface area contributed by atoms with E-state index in [1.54, 1.807) is 0 Å². The molecule has 0 N–H and O–H groups in total. The second-order valence-electron chi connectivity index (χ2n) is 14.3. The van der Waals surface area contributed by atoms with Crippen molar-refractivity contribution in [2.75, 3.05) is 0 Å². The van der Waals surface area contributed by atoms with Gasteiger partial charge in [0.2, 0.25) is 0 Å². The Balaban J connectivity index is 1.02. The summed E-state index contributed by atoms with van der Waals surface area (Å²) in [7, 11) is 0. The van der Waals surface area contributed by atoms with Crippen molar-refractivity contribution in [1.29, 1.82) is 0 Å². The highest BCUT2D eigenvalue weighted by Crippen LogP contribution is 2.40. The number of hydrogen-bond donors (Lipinski definition) is 0. The van der Waals surface area contributed by atoms with Crippen LogP contribution >= 0.6 is 0 Å². The molecule has 0 bridgehead atoms. The quantitative estimate of drug-likeness (QED) is 0.170. The highest BCUT2D eigenvalue weighted by Gasteiger charge is 2.22. The minimum Gasteiger partial charge on any atom is -0.460 e. The smallest absolute Gasteiger partial charge is 0.167 e. The molecule has 0 amide bonds. The average molecular weight is 732 g/mol. The van der Waals surface area contributed by atoms with Gasteiger partial charge in [-0.3, -0.25) is 0 Å². The summed E-state index contributed by atoms with van der Waals surface area (Å²) < 4.78 is 13.0. The number of allylic oxidation sites excluding steroid dienone is 3. The lowest BCUT2D eigenvalue weighted by Crippen LogP contribution is -2.00. The van der Waals surface area contributed by atoms with E-state index in [0.717, 1.165) is 72.1 Å². The normalized spacial score (nSPS) is 12.5. The molecule has 0 saturated heterocycles. The van der Waals surface area contributed by atoms with Crippen LogP contribution in [0.15, 0.2) is 191 Å². The largest absolute Gasteiger partial charge is 0.460 e. The molecule has 1 aliphatic rings. The average Bonchev–Trinajstić information content (AvgIpc) is 3.77. The maximum atomic E-state index is 6.57. The molecule has 5 nitrogen and oxygen atoms in total. The zero-order chi connectivity index (χ0) is 37.7. The van der Waals surface area contributed by atoms with Crippen LogP contribution in [0.4, 0.5) is 0 Å². The van der Waals surface area contributed by atoms with Gasteiger partial charge in [-0.15, -0.1) is 0 Å². The Morgan fingerprint density at radius 1 is 0.404 bits per heavy atom. The molecule has 3 heterocycles. The molecule has 10 aromatic rings. The first-order chi connectivity index (χ1) is 28.2. The number of fused-ring (bicyclic) bond motifs is 6. The van der Waals surface area contributed by atoms with E-state index in [-0.39, 0.29) is 0 Å². The molecule has 0 radical (unpaired) electrons. The van der Waals surface area contributed by atoms with Crippen LogP contribution in [-0.2, 0) is 6.42 Å². The number of nitrogens with zero attached hydrogens (tertiary/aromatic N) is 3. The molecular formula is C52H33N3O2. The van der Waals surface area contributed by atoms with E-state index in [2.05, 4.69) is 109 Å². The molecule has 3 aromatic heterocycles. The summed E-state index contributed by atoms with van der Waals surface area (Å²) in [4.78, 5) is 15.4. The Kier molecular flexibility index (Phi) is 7.81. The topological polar surface area (TPSA) is 65.0 Å². The fraction of sp³-hybridized carbons (Fsp3) is 0.0192. The van der Waals surface area contributed by atoms with Gasteiger partial charge in [-0.25, -0.2) is 15.0 Å². The van der Waals surface area contributed by atoms with Crippen LogP contribution in [0.3, 0.4) is 0 Å². The fourth-order valence-electron chi connectivity index (χ4n) is 7.99. The Morgan fingerprint density at radius 3 is 1.68 bits per heavy atom.